The van der Waals surface area contributed by atoms with Crippen LogP contribution in [0.2, 0.25) is 0 Å². The van der Waals surface area contributed by atoms with Gasteiger partial charge in [-0.2, -0.15) is 0 Å². The SMILES string of the molecule is CCCCN(CCCC)P(=O)(CCC)OCc1ccccc1. The van der Waals surface area contributed by atoms with Crippen molar-refractivity contribution < 1.29 is 9.09 Å². The molecule has 0 amide bonds. The molecule has 22 heavy (non-hydrogen) atoms. The van der Waals surface area contributed by atoms with Gasteiger partial charge in [0.2, 0.25) is 0 Å². The van der Waals surface area contributed by atoms with Crippen LogP contribution in [0.4, 0.5) is 0 Å². The molecule has 1 aromatic carbocycles. The van der Waals surface area contributed by atoms with Gasteiger partial charge in [0, 0.05) is 19.3 Å². The number of benzene rings is 1. The summed E-state index contributed by atoms with van der Waals surface area (Å²) in [5.41, 5.74) is 1.09. The van der Waals surface area contributed by atoms with E-state index >= 15 is 0 Å². The molecule has 4 heteroatoms. The first-order valence-corrected chi connectivity index (χ1v) is 10.5. The summed E-state index contributed by atoms with van der Waals surface area (Å²) in [6.45, 7) is 8.62. The van der Waals surface area contributed by atoms with Crippen LogP contribution in [-0.4, -0.2) is 23.9 Å². The van der Waals surface area contributed by atoms with Crippen molar-refractivity contribution in [2.45, 2.75) is 59.5 Å². The molecule has 0 aromatic heterocycles. The number of hydrogen-bond acceptors (Lipinski definition) is 2. The minimum absolute atomic E-state index is 0.437. The van der Waals surface area contributed by atoms with Gasteiger partial charge in [0.25, 0.3) is 7.52 Å². The summed E-state index contributed by atoms with van der Waals surface area (Å²) in [6, 6.07) is 10.0. The maximum Gasteiger partial charge on any atom is 0.272 e. The molecule has 3 nitrogen and oxygen atoms in total. The summed E-state index contributed by atoms with van der Waals surface area (Å²) in [7, 11) is -2.72. The first-order chi connectivity index (χ1) is 10.7. The molecule has 0 fully saturated rings. The van der Waals surface area contributed by atoms with E-state index in [1.54, 1.807) is 0 Å². The fourth-order valence-electron chi connectivity index (χ4n) is 2.42. The topological polar surface area (TPSA) is 29.5 Å². The van der Waals surface area contributed by atoms with Crippen LogP contribution in [0.5, 0.6) is 0 Å². The molecule has 0 heterocycles. The van der Waals surface area contributed by atoms with E-state index in [0.717, 1.165) is 50.8 Å². The standard InChI is InChI=1S/C18H32NO2P/c1-4-7-14-19(15-8-5-2)22(20,16-6-3)21-17-18-12-10-9-11-13-18/h9-13H,4-8,14-17H2,1-3H3. The van der Waals surface area contributed by atoms with Gasteiger partial charge < -0.3 is 4.52 Å². The van der Waals surface area contributed by atoms with Crippen LogP contribution in [-0.2, 0) is 15.7 Å². The normalized spacial score (nSPS) is 14.2. The summed E-state index contributed by atoms with van der Waals surface area (Å²) >= 11 is 0. The minimum Gasteiger partial charge on any atom is -0.313 e. The lowest BCUT2D eigenvalue weighted by atomic mass is 10.2. The third-order valence-electron chi connectivity index (χ3n) is 3.75. The van der Waals surface area contributed by atoms with Gasteiger partial charge in [0.05, 0.1) is 6.61 Å². The monoisotopic (exact) mass is 325 g/mol. The maximum atomic E-state index is 13.4. The number of hydrogen-bond donors (Lipinski definition) is 0. The molecule has 1 atom stereocenters. The lowest BCUT2D eigenvalue weighted by molar-refractivity contribution is 0.246. The van der Waals surface area contributed by atoms with Crippen molar-refractivity contribution >= 4 is 7.52 Å². The molecule has 0 saturated heterocycles. The van der Waals surface area contributed by atoms with E-state index in [1.807, 2.05) is 30.3 Å². The van der Waals surface area contributed by atoms with Gasteiger partial charge in [-0.15, -0.1) is 0 Å². The Labute approximate surface area is 136 Å². The average Bonchev–Trinajstić information content (AvgIpc) is 2.54. The van der Waals surface area contributed by atoms with E-state index in [0.29, 0.717) is 12.8 Å². The van der Waals surface area contributed by atoms with Gasteiger partial charge in [-0.1, -0.05) is 63.9 Å². The molecule has 1 rings (SSSR count). The predicted molar refractivity (Wildman–Crippen MR) is 95.4 cm³/mol. The highest BCUT2D eigenvalue weighted by Crippen LogP contribution is 2.52. The van der Waals surface area contributed by atoms with Gasteiger partial charge >= 0.3 is 0 Å². The molecule has 0 saturated carbocycles. The van der Waals surface area contributed by atoms with E-state index < -0.39 is 7.52 Å². The highest BCUT2D eigenvalue weighted by Gasteiger charge is 2.30. The average molecular weight is 325 g/mol. The zero-order valence-electron chi connectivity index (χ0n) is 14.5. The highest BCUT2D eigenvalue weighted by molar-refractivity contribution is 7.56. The van der Waals surface area contributed by atoms with Crippen LogP contribution >= 0.6 is 7.52 Å². The molecule has 0 aliphatic heterocycles. The number of nitrogens with zero attached hydrogens (tertiary/aromatic N) is 1. The lowest BCUT2D eigenvalue weighted by Gasteiger charge is -2.31. The van der Waals surface area contributed by atoms with Crippen molar-refractivity contribution in [3.05, 3.63) is 35.9 Å². The van der Waals surface area contributed by atoms with Crippen LogP contribution in [0.25, 0.3) is 0 Å². The second-order valence-electron chi connectivity index (χ2n) is 5.78. The van der Waals surface area contributed by atoms with Crippen molar-refractivity contribution in [3.8, 4) is 0 Å². The fourth-order valence-corrected chi connectivity index (χ4v) is 4.80. The van der Waals surface area contributed by atoms with Gasteiger partial charge in [0.15, 0.2) is 0 Å². The van der Waals surface area contributed by atoms with Crippen molar-refractivity contribution in [2.75, 3.05) is 19.3 Å². The largest absolute Gasteiger partial charge is 0.313 e. The van der Waals surface area contributed by atoms with Crippen molar-refractivity contribution in [1.29, 1.82) is 0 Å². The summed E-state index contributed by atoms with van der Waals surface area (Å²) in [6.07, 6.45) is 5.92. The Balaban J connectivity index is 2.76. The maximum absolute atomic E-state index is 13.4. The number of unbranched alkanes of at least 4 members (excludes halogenated alkanes) is 2. The highest BCUT2D eigenvalue weighted by atomic mass is 31.2. The van der Waals surface area contributed by atoms with E-state index in [-0.39, 0.29) is 0 Å². The Hall–Kier alpha value is -0.630. The minimum atomic E-state index is -2.72. The Morgan fingerprint density at radius 1 is 0.955 bits per heavy atom. The molecule has 0 aliphatic carbocycles. The van der Waals surface area contributed by atoms with Crippen molar-refractivity contribution in [1.82, 2.24) is 4.67 Å². The van der Waals surface area contributed by atoms with E-state index in [2.05, 4.69) is 25.4 Å². The van der Waals surface area contributed by atoms with Gasteiger partial charge in [-0.25, -0.2) is 4.67 Å². The zero-order valence-corrected chi connectivity index (χ0v) is 15.4. The Kier molecular flexibility index (Phi) is 9.70. The molecule has 0 N–H and O–H groups in total. The predicted octanol–water partition coefficient (Wildman–Crippen LogP) is 5.71. The summed E-state index contributed by atoms with van der Waals surface area (Å²) in [5, 5.41) is 0. The first kappa shape index (κ1) is 19.4. The first-order valence-electron chi connectivity index (χ1n) is 8.69. The van der Waals surface area contributed by atoms with Crippen molar-refractivity contribution in [2.24, 2.45) is 0 Å². The van der Waals surface area contributed by atoms with Crippen LogP contribution in [0, 0.1) is 0 Å². The van der Waals surface area contributed by atoms with Crippen LogP contribution in [0.1, 0.15) is 58.4 Å². The second kappa shape index (κ2) is 11.0. The zero-order chi connectivity index (χ0) is 16.3. The molecular weight excluding hydrogens is 293 g/mol. The summed E-state index contributed by atoms with van der Waals surface area (Å²) in [4.78, 5) is 0. The van der Waals surface area contributed by atoms with E-state index in [1.165, 1.54) is 0 Å². The van der Waals surface area contributed by atoms with Crippen LogP contribution in [0.3, 0.4) is 0 Å². The fraction of sp³-hybridized carbons (Fsp3) is 0.667. The van der Waals surface area contributed by atoms with Crippen LogP contribution < -0.4 is 0 Å². The second-order valence-corrected chi connectivity index (χ2v) is 8.33. The number of rotatable bonds is 12. The molecule has 126 valence electrons. The summed E-state index contributed by atoms with van der Waals surface area (Å²) in [5.74, 6) is 0. The van der Waals surface area contributed by atoms with Gasteiger partial charge in [0.1, 0.15) is 0 Å². The molecule has 0 radical (unpaired) electrons. The van der Waals surface area contributed by atoms with Crippen molar-refractivity contribution in [3.63, 3.8) is 0 Å². The lowest BCUT2D eigenvalue weighted by Crippen LogP contribution is -2.25. The molecule has 0 bridgehead atoms. The molecule has 1 unspecified atom stereocenters. The van der Waals surface area contributed by atoms with Gasteiger partial charge in [-0.05, 0) is 24.8 Å². The Morgan fingerprint density at radius 2 is 1.55 bits per heavy atom. The smallest absolute Gasteiger partial charge is 0.272 e. The quantitative estimate of drug-likeness (QED) is 0.461. The van der Waals surface area contributed by atoms with Crippen LogP contribution in [0.15, 0.2) is 30.3 Å². The Morgan fingerprint density at radius 3 is 2.05 bits per heavy atom. The third kappa shape index (κ3) is 6.64. The molecule has 0 aliphatic rings. The molecule has 0 spiro atoms. The van der Waals surface area contributed by atoms with E-state index in [9.17, 15) is 4.57 Å². The third-order valence-corrected chi connectivity index (χ3v) is 6.56. The summed E-state index contributed by atoms with van der Waals surface area (Å²) < 4.78 is 21.5. The van der Waals surface area contributed by atoms with Gasteiger partial charge in [-0.3, -0.25) is 4.57 Å². The van der Waals surface area contributed by atoms with E-state index in [4.69, 9.17) is 4.52 Å². The molecular formula is C18H32NO2P. The Bertz CT molecular complexity index is 428. The molecule has 1 aromatic rings.